The highest BCUT2D eigenvalue weighted by Crippen LogP contribution is 2.70. The highest BCUT2D eigenvalue weighted by Gasteiger charge is 2.77. The SMILES string of the molecule is C[N+]12CC[C@@]34c5ccccc5N5/C=C6/[C@H]7C[C@H]8[C@@]9(CC[N+]8(C)C/C7=C/CO)c7ccccc7N([C@@H]7OCC=C(C1)[C@H](C[C@@H]32)[C@@H]7[C@H]54)[C@@H]69.[I-].[I-]. The molecule has 8 heterocycles. The molecule has 6 fully saturated rings. The Morgan fingerprint density at radius 3 is 2.38 bits per heavy atom. The number of piperidine rings is 2. The highest BCUT2D eigenvalue weighted by molar-refractivity contribution is 5.74. The van der Waals surface area contributed by atoms with Crippen molar-refractivity contribution in [1.82, 2.24) is 0 Å². The second kappa shape index (κ2) is 9.91. The lowest BCUT2D eigenvalue weighted by Crippen LogP contribution is -3.00. The summed E-state index contributed by atoms with van der Waals surface area (Å²) < 4.78 is 9.68. The third-order valence-corrected chi connectivity index (χ3v) is 16.1. The van der Waals surface area contributed by atoms with Gasteiger partial charge in [0.15, 0.2) is 0 Å². The van der Waals surface area contributed by atoms with Crippen LogP contribution >= 0.6 is 0 Å². The fourth-order valence-electron chi connectivity index (χ4n) is 14.8. The minimum Gasteiger partial charge on any atom is -1.00 e. The summed E-state index contributed by atoms with van der Waals surface area (Å²) in [6.07, 6.45) is 12.4. The minimum atomic E-state index is 0. The zero-order valence-electron chi connectivity index (χ0n) is 27.9. The van der Waals surface area contributed by atoms with Crippen molar-refractivity contribution in [3.8, 4) is 0 Å². The average Bonchev–Trinajstić information content (AvgIpc) is 3.70. The van der Waals surface area contributed by atoms with Gasteiger partial charge in [-0.2, -0.15) is 0 Å². The Kier molecular flexibility index (Phi) is 6.46. The molecule has 0 radical (unpaired) electrons. The first-order valence-electron chi connectivity index (χ1n) is 18.2. The Balaban J connectivity index is 0.00000148. The van der Waals surface area contributed by atoms with Gasteiger partial charge in [0.25, 0.3) is 0 Å². The maximum Gasteiger partial charge on any atom is 0.136 e. The molecule has 6 nitrogen and oxygen atoms in total. The molecule has 2 aromatic carbocycles. The smallest absolute Gasteiger partial charge is 0.136 e. The van der Waals surface area contributed by atoms with Crippen LogP contribution in [0.1, 0.15) is 36.8 Å². The molecule has 2 aliphatic carbocycles. The fourth-order valence-corrected chi connectivity index (χ4v) is 14.8. The number of hydrogen-bond acceptors (Lipinski definition) is 4. The normalized spacial score (nSPS) is 48.9. The molecule has 8 heteroatoms. The molecule has 12 rings (SSSR count). The Bertz CT molecular complexity index is 1860. The number of nitrogens with zero attached hydrogens (tertiary/aromatic N) is 4. The fraction of sp³-hybridized carbons (Fsp3) is 0.550. The van der Waals surface area contributed by atoms with Gasteiger partial charge < -0.3 is 76.6 Å². The van der Waals surface area contributed by atoms with Crippen LogP contribution in [0.2, 0.25) is 0 Å². The van der Waals surface area contributed by atoms with Gasteiger partial charge in [-0.15, -0.1) is 0 Å². The van der Waals surface area contributed by atoms with Crippen LogP contribution in [0.25, 0.3) is 0 Å². The minimum absolute atomic E-state index is 0. The lowest BCUT2D eigenvalue weighted by Gasteiger charge is -2.62. The second-order valence-corrected chi connectivity index (χ2v) is 17.3. The first-order valence-corrected chi connectivity index (χ1v) is 18.2. The van der Waals surface area contributed by atoms with Gasteiger partial charge in [0.2, 0.25) is 0 Å². The quantitative estimate of drug-likeness (QED) is 0.215. The van der Waals surface area contributed by atoms with Crippen molar-refractivity contribution in [3.63, 3.8) is 0 Å². The molecular weight excluding hydrogens is 822 g/mol. The summed E-state index contributed by atoms with van der Waals surface area (Å²) in [7, 11) is 5.10. The van der Waals surface area contributed by atoms with Crippen LogP contribution in [0.3, 0.4) is 0 Å². The van der Waals surface area contributed by atoms with Crippen LogP contribution in [0.15, 0.2) is 83.6 Å². The van der Waals surface area contributed by atoms with E-state index in [1.807, 2.05) is 0 Å². The van der Waals surface area contributed by atoms with E-state index in [9.17, 15) is 5.11 Å². The van der Waals surface area contributed by atoms with Crippen LogP contribution in [-0.2, 0) is 15.6 Å². The molecule has 2 aromatic rings. The van der Waals surface area contributed by atoms with E-state index in [4.69, 9.17) is 4.74 Å². The molecule has 8 aliphatic heterocycles. The highest BCUT2D eigenvalue weighted by atomic mass is 127. The van der Waals surface area contributed by atoms with Gasteiger partial charge in [0.1, 0.15) is 31.4 Å². The number of aliphatic hydroxyl groups excluding tert-OH is 1. The molecule has 4 saturated heterocycles. The second-order valence-electron chi connectivity index (χ2n) is 17.3. The number of rotatable bonds is 1. The molecule has 2 unspecified atom stereocenters. The van der Waals surface area contributed by atoms with Gasteiger partial charge in [0.05, 0.1) is 63.3 Å². The monoisotopic (exact) mass is 868 g/mol. The molecule has 252 valence electrons. The average molecular weight is 869 g/mol. The van der Waals surface area contributed by atoms with Gasteiger partial charge in [-0.3, -0.25) is 0 Å². The number of likely N-dealkylation sites (N-methyl/N-ethyl adjacent to an activating group) is 2. The van der Waals surface area contributed by atoms with E-state index < -0.39 is 0 Å². The van der Waals surface area contributed by atoms with Gasteiger partial charge in [-0.1, -0.05) is 48.6 Å². The third-order valence-electron chi connectivity index (χ3n) is 16.1. The van der Waals surface area contributed by atoms with Crippen molar-refractivity contribution in [1.29, 1.82) is 0 Å². The lowest BCUT2D eigenvalue weighted by molar-refractivity contribution is -0.925. The Morgan fingerprint density at radius 1 is 0.896 bits per heavy atom. The van der Waals surface area contributed by atoms with E-state index in [1.54, 1.807) is 22.3 Å². The van der Waals surface area contributed by atoms with Crippen molar-refractivity contribution in [2.45, 2.75) is 66.9 Å². The molecule has 2 saturated carbocycles. The van der Waals surface area contributed by atoms with Crippen LogP contribution in [0.4, 0.5) is 11.4 Å². The van der Waals surface area contributed by atoms with Gasteiger partial charge in [0, 0.05) is 61.0 Å². The Labute approximate surface area is 318 Å². The van der Waals surface area contributed by atoms with E-state index >= 15 is 0 Å². The number of benzene rings is 2. The maximum atomic E-state index is 10.4. The van der Waals surface area contributed by atoms with Crippen molar-refractivity contribution in [2.24, 2.45) is 17.8 Å². The number of fused-ring (bicyclic) bond motifs is 7. The topological polar surface area (TPSA) is 35.9 Å². The molecule has 0 amide bonds. The summed E-state index contributed by atoms with van der Waals surface area (Å²) in [6, 6.07) is 21.0. The van der Waals surface area contributed by atoms with Crippen LogP contribution in [-0.4, -0.2) is 98.0 Å². The zero-order valence-corrected chi connectivity index (χ0v) is 32.3. The number of ether oxygens (including phenoxy) is 1. The van der Waals surface area contributed by atoms with Gasteiger partial charge >= 0.3 is 0 Å². The largest absolute Gasteiger partial charge is 1.00 e. The van der Waals surface area contributed by atoms with Crippen molar-refractivity contribution < 1.29 is 66.8 Å². The summed E-state index contributed by atoms with van der Waals surface area (Å²) in [5.74, 6) is 1.33. The van der Waals surface area contributed by atoms with Crippen LogP contribution < -0.4 is 57.8 Å². The molecule has 2 spiro atoms. The molecule has 48 heavy (non-hydrogen) atoms. The first kappa shape index (κ1) is 31.3. The first-order chi connectivity index (χ1) is 22.4. The van der Waals surface area contributed by atoms with Crippen LogP contribution in [0.5, 0.6) is 0 Å². The number of quaternary nitrogens is 2. The number of halogens is 2. The number of anilines is 2. The third kappa shape index (κ3) is 3.24. The molecule has 0 aromatic heterocycles. The van der Waals surface area contributed by atoms with Crippen molar-refractivity contribution >= 4 is 11.4 Å². The number of para-hydroxylation sites is 2. The predicted molar refractivity (Wildman–Crippen MR) is 178 cm³/mol. The van der Waals surface area contributed by atoms with Crippen molar-refractivity contribution in [2.75, 3.05) is 63.3 Å². The van der Waals surface area contributed by atoms with E-state index in [1.165, 1.54) is 66.7 Å². The summed E-state index contributed by atoms with van der Waals surface area (Å²) in [6.45, 7) is 5.57. The van der Waals surface area contributed by atoms with E-state index in [-0.39, 0.29) is 77.7 Å². The maximum absolute atomic E-state index is 10.4. The Morgan fingerprint density at radius 2 is 1.58 bits per heavy atom. The van der Waals surface area contributed by atoms with E-state index in [0.29, 0.717) is 35.9 Å². The molecule has 4 bridgehead atoms. The standard InChI is InChI=1S/C40H46N4O2.2HI/c1-43-15-13-39-30-8-4-6-10-32(30)42-36(39)28(26(19-33(39)43)24(22-43)11-17-45)21-41-31-9-5-3-7-29(31)40-14-16-44(2)23-25-12-18-46-38(42)35(37(40)41)27(25)20-34(40)44;;/h3-12,21,26-27,33-38,45H,13-20,22-23H2,1-2H3;2*1H/q+2;;/p-2/b24-11-,28-21-;;/t26-,27-,33-,34-,35+,36-,37-,38+,39+,40+,43?,44?;;/m0../s1. The van der Waals surface area contributed by atoms with Gasteiger partial charge in [-0.25, -0.2) is 0 Å². The van der Waals surface area contributed by atoms with Crippen LogP contribution in [0, 0.1) is 17.8 Å². The predicted octanol–water partition coefficient (Wildman–Crippen LogP) is -1.53. The molecular formula is C40H46I2N4O2. The number of aliphatic hydroxyl groups is 1. The molecule has 12 atom stereocenters. The van der Waals surface area contributed by atoms with E-state index in [2.05, 4.69) is 90.8 Å². The summed E-state index contributed by atoms with van der Waals surface area (Å²) in [5, 5.41) is 10.4. The van der Waals surface area contributed by atoms with E-state index in [0.717, 1.165) is 17.6 Å². The number of hydrogen-bond donors (Lipinski definition) is 1. The molecule has 10 aliphatic rings. The zero-order chi connectivity index (χ0) is 30.4. The summed E-state index contributed by atoms with van der Waals surface area (Å²) in [4.78, 5) is 5.75. The lowest BCUT2D eigenvalue weighted by atomic mass is 9.53. The summed E-state index contributed by atoms with van der Waals surface area (Å²) >= 11 is 0. The van der Waals surface area contributed by atoms with Crippen molar-refractivity contribution in [3.05, 3.63) is 94.7 Å². The Hall–Kier alpha value is -1.44. The van der Waals surface area contributed by atoms with Gasteiger partial charge in [-0.05, 0) is 40.0 Å². The molecule has 1 N–H and O–H groups in total. The summed E-state index contributed by atoms with van der Waals surface area (Å²) in [5.41, 5.74) is 11.1.